The van der Waals surface area contributed by atoms with Gasteiger partial charge < -0.3 is 20.7 Å². The molecular formula is C34H32BrN3O4S. The first-order chi connectivity index (χ1) is 20.8. The van der Waals surface area contributed by atoms with Gasteiger partial charge in [0.15, 0.2) is 0 Å². The molecule has 0 fully saturated rings. The number of thioether (sulfide) groups is 1. The maximum atomic E-state index is 13.5. The summed E-state index contributed by atoms with van der Waals surface area (Å²) in [5.41, 5.74) is 2.48. The van der Waals surface area contributed by atoms with Crippen LogP contribution in [0.5, 0.6) is 5.75 Å². The van der Waals surface area contributed by atoms with Gasteiger partial charge in [-0.2, -0.15) is 0 Å². The van der Waals surface area contributed by atoms with E-state index in [0.717, 1.165) is 15.1 Å². The average molecular weight is 659 g/mol. The van der Waals surface area contributed by atoms with Gasteiger partial charge in [-0.15, -0.1) is 11.8 Å². The van der Waals surface area contributed by atoms with Crippen LogP contribution in [0.2, 0.25) is 0 Å². The molecule has 0 heterocycles. The van der Waals surface area contributed by atoms with Crippen molar-refractivity contribution in [1.29, 1.82) is 0 Å². The molecule has 1 atom stereocenters. The van der Waals surface area contributed by atoms with Crippen LogP contribution < -0.4 is 20.7 Å². The Labute approximate surface area is 264 Å². The number of amides is 3. The Kier molecular flexibility index (Phi) is 11.6. The lowest BCUT2D eigenvalue weighted by atomic mass is 10.1. The van der Waals surface area contributed by atoms with E-state index in [9.17, 15) is 14.4 Å². The van der Waals surface area contributed by atoms with Crippen LogP contribution >= 0.6 is 27.7 Å². The summed E-state index contributed by atoms with van der Waals surface area (Å²) in [4.78, 5) is 40.2. The number of hydrogen-bond acceptors (Lipinski definition) is 5. The number of carbonyl (C=O) groups excluding carboxylic acids is 3. The Morgan fingerprint density at radius 1 is 0.837 bits per heavy atom. The van der Waals surface area contributed by atoms with Gasteiger partial charge in [0.1, 0.15) is 11.4 Å². The molecule has 9 heteroatoms. The van der Waals surface area contributed by atoms with E-state index in [1.54, 1.807) is 36.4 Å². The van der Waals surface area contributed by atoms with Gasteiger partial charge in [0.25, 0.3) is 11.8 Å². The average Bonchev–Trinajstić information content (AvgIpc) is 3.02. The Hall–Kier alpha value is -4.34. The number of halogens is 1. The zero-order valence-electron chi connectivity index (χ0n) is 23.8. The zero-order chi connectivity index (χ0) is 30.6. The normalized spacial score (nSPS) is 11.7. The Morgan fingerprint density at radius 3 is 2.23 bits per heavy atom. The number of rotatable bonds is 12. The van der Waals surface area contributed by atoms with Crippen LogP contribution in [0.4, 0.5) is 11.4 Å². The largest absolute Gasteiger partial charge is 0.494 e. The molecule has 7 nitrogen and oxygen atoms in total. The van der Waals surface area contributed by atoms with Crippen molar-refractivity contribution >= 4 is 62.9 Å². The number of benzene rings is 4. The predicted octanol–water partition coefficient (Wildman–Crippen LogP) is 7.77. The SMILES string of the molecule is CCOc1ccc(/C=C(/NC(=O)c2ccccc2)C(=O)Nc2cccc(SC(CC)C(=O)Nc3ccc(Br)cc3)c2)cc1. The van der Waals surface area contributed by atoms with Crippen molar-refractivity contribution in [3.63, 3.8) is 0 Å². The standard InChI is InChI=1S/C34H32BrN3O4S/c1-3-31(34(41)36-26-17-15-25(35)16-18-26)43-29-12-8-11-27(22-29)37-33(40)30(38-32(39)24-9-6-5-7-10-24)21-23-13-19-28(20-14-23)42-4-2/h5-22,31H,3-4H2,1-2H3,(H,36,41)(H,37,40)(H,38,39)/b30-21+. The molecule has 0 saturated heterocycles. The molecular weight excluding hydrogens is 626 g/mol. The van der Waals surface area contributed by atoms with Gasteiger partial charge in [0.2, 0.25) is 5.91 Å². The molecule has 4 aromatic rings. The van der Waals surface area contributed by atoms with Crippen LogP contribution in [0.25, 0.3) is 6.08 Å². The molecule has 43 heavy (non-hydrogen) atoms. The van der Waals surface area contributed by atoms with Crippen molar-refractivity contribution in [3.05, 3.63) is 124 Å². The minimum atomic E-state index is -0.486. The Balaban J connectivity index is 1.50. The van der Waals surface area contributed by atoms with E-state index in [1.807, 2.05) is 86.6 Å². The quantitative estimate of drug-likeness (QED) is 0.107. The Morgan fingerprint density at radius 2 is 1.56 bits per heavy atom. The molecule has 3 amide bonds. The van der Waals surface area contributed by atoms with Gasteiger partial charge >= 0.3 is 0 Å². The van der Waals surface area contributed by atoms with Gasteiger partial charge in [0, 0.05) is 26.3 Å². The molecule has 1 unspecified atom stereocenters. The first-order valence-corrected chi connectivity index (χ1v) is 15.5. The van der Waals surface area contributed by atoms with E-state index in [2.05, 4.69) is 31.9 Å². The van der Waals surface area contributed by atoms with Gasteiger partial charge in [-0.25, -0.2) is 0 Å². The van der Waals surface area contributed by atoms with Gasteiger partial charge in [-0.3, -0.25) is 14.4 Å². The second kappa shape index (κ2) is 15.8. The fourth-order valence-electron chi connectivity index (χ4n) is 4.02. The van der Waals surface area contributed by atoms with Gasteiger partial charge in [-0.1, -0.05) is 59.3 Å². The number of ether oxygens (including phenoxy) is 1. The molecule has 0 spiro atoms. The zero-order valence-corrected chi connectivity index (χ0v) is 26.2. The molecule has 220 valence electrons. The molecule has 0 bridgehead atoms. The third-order valence-electron chi connectivity index (χ3n) is 6.18. The molecule has 0 aliphatic carbocycles. The highest BCUT2D eigenvalue weighted by molar-refractivity contribution is 9.10. The molecule has 0 radical (unpaired) electrons. The van der Waals surface area contributed by atoms with Crippen molar-refractivity contribution in [3.8, 4) is 5.75 Å². The van der Waals surface area contributed by atoms with Gasteiger partial charge in [-0.05, 0) is 91.7 Å². The van der Waals surface area contributed by atoms with Crippen molar-refractivity contribution in [1.82, 2.24) is 5.32 Å². The van der Waals surface area contributed by atoms with E-state index in [0.29, 0.717) is 35.6 Å². The molecule has 0 saturated carbocycles. The summed E-state index contributed by atoms with van der Waals surface area (Å²) in [7, 11) is 0. The smallest absolute Gasteiger partial charge is 0.272 e. The highest BCUT2D eigenvalue weighted by atomic mass is 79.9. The molecule has 3 N–H and O–H groups in total. The summed E-state index contributed by atoms with van der Waals surface area (Å²) < 4.78 is 6.44. The van der Waals surface area contributed by atoms with Crippen LogP contribution in [0.15, 0.2) is 118 Å². The topological polar surface area (TPSA) is 96.5 Å². The summed E-state index contributed by atoms with van der Waals surface area (Å²) in [6.45, 7) is 4.41. The fraction of sp³-hybridized carbons (Fsp3) is 0.147. The summed E-state index contributed by atoms with van der Waals surface area (Å²) >= 11 is 4.82. The molecule has 4 aromatic carbocycles. The van der Waals surface area contributed by atoms with Crippen LogP contribution in [0.1, 0.15) is 36.2 Å². The van der Waals surface area contributed by atoms with Crippen LogP contribution in [-0.4, -0.2) is 29.6 Å². The number of nitrogens with one attached hydrogen (secondary N) is 3. The van der Waals surface area contributed by atoms with Gasteiger partial charge in [0.05, 0.1) is 11.9 Å². The Bertz CT molecular complexity index is 1580. The highest BCUT2D eigenvalue weighted by Crippen LogP contribution is 2.29. The first-order valence-electron chi connectivity index (χ1n) is 13.8. The summed E-state index contributed by atoms with van der Waals surface area (Å²) in [5.74, 6) is -0.280. The van der Waals surface area contributed by atoms with E-state index < -0.39 is 11.8 Å². The fourth-order valence-corrected chi connectivity index (χ4v) is 5.30. The summed E-state index contributed by atoms with van der Waals surface area (Å²) in [6.07, 6.45) is 2.23. The summed E-state index contributed by atoms with van der Waals surface area (Å²) in [5, 5.41) is 8.27. The maximum absolute atomic E-state index is 13.5. The van der Waals surface area contributed by atoms with Crippen LogP contribution in [-0.2, 0) is 9.59 Å². The number of carbonyl (C=O) groups is 3. The summed E-state index contributed by atoms with van der Waals surface area (Å²) in [6, 6.07) is 30.6. The molecule has 4 rings (SSSR count). The minimum Gasteiger partial charge on any atom is -0.494 e. The lowest BCUT2D eigenvalue weighted by Gasteiger charge is -2.16. The minimum absolute atomic E-state index is 0.0800. The molecule has 0 aliphatic rings. The first kappa shape index (κ1) is 31.6. The number of hydrogen-bond donors (Lipinski definition) is 3. The van der Waals surface area contributed by atoms with E-state index in [4.69, 9.17) is 4.74 Å². The third kappa shape index (κ3) is 9.59. The molecule has 0 aliphatic heterocycles. The van der Waals surface area contributed by atoms with Crippen LogP contribution in [0, 0.1) is 0 Å². The second-order valence-electron chi connectivity index (χ2n) is 9.37. The lowest BCUT2D eigenvalue weighted by molar-refractivity contribution is -0.116. The lowest BCUT2D eigenvalue weighted by Crippen LogP contribution is -2.30. The van der Waals surface area contributed by atoms with Crippen LogP contribution in [0.3, 0.4) is 0 Å². The van der Waals surface area contributed by atoms with Crippen molar-refractivity contribution in [2.45, 2.75) is 30.4 Å². The molecule has 0 aromatic heterocycles. The van der Waals surface area contributed by atoms with E-state index in [1.165, 1.54) is 11.8 Å². The third-order valence-corrected chi connectivity index (χ3v) is 8.06. The van der Waals surface area contributed by atoms with Crippen molar-refractivity contribution in [2.75, 3.05) is 17.2 Å². The second-order valence-corrected chi connectivity index (χ2v) is 11.6. The predicted molar refractivity (Wildman–Crippen MR) is 177 cm³/mol. The monoisotopic (exact) mass is 657 g/mol. The van der Waals surface area contributed by atoms with Crippen molar-refractivity contribution < 1.29 is 19.1 Å². The maximum Gasteiger partial charge on any atom is 0.272 e. The van der Waals surface area contributed by atoms with E-state index >= 15 is 0 Å². The van der Waals surface area contributed by atoms with E-state index in [-0.39, 0.29) is 16.9 Å². The van der Waals surface area contributed by atoms with Crippen molar-refractivity contribution in [2.24, 2.45) is 0 Å². The highest BCUT2D eigenvalue weighted by Gasteiger charge is 2.19. The number of anilines is 2.